The highest BCUT2D eigenvalue weighted by molar-refractivity contribution is 5.82. The van der Waals surface area contributed by atoms with Crippen LogP contribution in [0.5, 0.6) is 0 Å². The highest BCUT2D eigenvalue weighted by Crippen LogP contribution is 2.47. The molecule has 34 heavy (non-hydrogen) atoms. The SMILES string of the molecule is O=C(NCc1ccco1)[C@@H]1Cc2cc([N+](=O)[O-])ccc2N2CC3CC(Cn4c3cccc4=O)[C@@H]12. The van der Waals surface area contributed by atoms with Crippen LogP contribution in [0.25, 0.3) is 0 Å². The maximum Gasteiger partial charge on any atom is 0.269 e. The van der Waals surface area contributed by atoms with Crippen LogP contribution in [-0.4, -0.2) is 28.0 Å². The number of hydrogen-bond acceptors (Lipinski definition) is 6. The van der Waals surface area contributed by atoms with Gasteiger partial charge in [0.05, 0.1) is 23.6 Å². The lowest BCUT2D eigenvalue weighted by atomic mass is 9.70. The first-order valence-corrected chi connectivity index (χ1v) is 11.5. The van der Waals surface area contributed by atoms with Gasteiger partial charge in [0, 0.05) is 54.6 Å². The molecule has 1 fully saturated rings. The molecule has 1 saturated heterocycles. The van der Waals surface area contributed by atoms with Crippen LogP contribution in [-0.2, 0) is 24.3 Å². The third kappa shape index (κ3) is 3.30. The second-order valence-electron chi connectivity index (χ2n) is 9.41. The Kier molecular flexibility index (Phi) is 4.79. The number of nitro groups is 1. The first-order valence-electron chi connectivity index (χ1n) is 11.5. The number of carbonyl (C=O) groups is 1. The summed E-state index contributed by atoms with van der Waals surface area (Å²) in [6.07, 6.45) is 2.90. The fourth-order valence-electron chi connectivity index (χ4n) is 6.17. The van der Waals surface area contributed by atoms with E-state index in [1.807, 2.05) is 22.8 Å². The first-order chi connectivity index (χ1) is 16.5. The lowest BCUT2D eigenvalue weighted by Gasteiger charge is -2.54. The quantitative estimate of drug-likeness (QED) is 0.474. The number of amides is 1. The molecule has 6 rings (SSSR count). The van der Waals surface area contributed by atoms with E-state index in [2.05, 4.69) is 10.2 Å². The average Bonchev–Trinajstić information content (AvgIpc) is 3.36. The largest absolute Gasteiger partial charge is 0.467 e. The van der Waals surface area contributed by atoms with Crippen molar-refractivity contribution in [1.29, 1.82) is 0 Å². The molecular formula is C25H24N4O5. The van der Waals surface area contributed by atoms with Crippen LogP contribution in [0.2, 0.25) is 0 Å². The van der Waals surface area contributed by atoms with Gasteiger partial charge in [-0.2, -0.15) is 0 Å². The zero-order valence-electron chi connectivity index (χ0n) is 18.4. The number of nitrogens with one attached hydrogen (secondary N) is 1. The molecule has 1 amide bonds. The summed E-state index contributed by atoms with van der Waals surface area (Å²) in [7, 11) is 0. The molecule has 2 unspecified atom stereocenters. The van der Waals surface area contributed by atoms with Gasteiger partial charge in [-0.05, 0) is 48.6 Å². The summed E-state index contributed by atoms with van der Waals surface area (Å²) in [6, 6.07) is 13.8. The number of hydrogen-bond donors (Lipinski definition) is 1. The second-order valence-corrected chi connectivity index (χ2v) is 9.41. The fraction of sp³-hybridized carbons (Fsp3) is 0.360. The van der Waals surface area contributed by atoms with E-state index >= 15 is 0 Å². The second kappa shape index (κ2) is 7.86. The summed E-state index contributed by atoms with van der Waals surface area (Å²) in [4.78, 5) is 39.4. The maximum atomic E-state index is 13.5. The number of fused-ring (bicyclic) bond motifs is 8. The Labute approximate surface area is 195 Å². The lowest BCUT2D eigenvalue weighted by molar-refractivity contribution is -0.384. The third-order valence-electron chi connectivity index (χ3n) is 7.56. The minimum Gasteiger partial charge on any atom is -0.467 e. The summed E-state index contributed by atoms with van der Waals surface area (Å²) in [6.45, 7) is 1.51. The number of furan rings is 1. The predicted octanol–water partition coefficient (Wildman–Crippen LogP) is 2.83. The number of nitro benzene ring substituents is 1. The molecule has 4 atom stereocenters. The van der Waals surface area contributed by atoms with Crippen LogP contribution < -0.4 is 15.8 Å². The number of nitrogens with zero attached hydrogens (tertiary/aromatic N) is 3. The molecule has 3 aliphatic rings. The van der Waals surface area contributed by atoms with Gasteiger partial charge in [0.1, 0.15) is 5.76 Å². The number of carbonyl (C=O) groups excluding carboxylic acids is 1. The van der Waals surface area contributed by atoms with Gasteiger partial charge in [-0.15, -0.1) is 0 Å². The predicted molar refractivity (Wildman–Crippen MR) is 124 cm³/mol. The molecular weight excluding hydrogens is 436 g/mol. The standard InChI is InChI=1S/C25H24N4O5/c30-23-5-1-4-21-16-9-17(14-27(21)23)24-20(25(31)26-12-19-3-2-8-34-19)11-15-10-18(29(32)33)6-7-22(15)28(24)13-16/h1-8,10,16-17,20,24H,9,11-14H2,(H,26,31)/t16?,17?,20-,24+/m1/s1. The smallest absolute Gasteiger partial charge is 0.269 e. The zero-order valence-corrected chi connectivity index (χ0v) is 18.4. The van der Waals surface area contributed by atoms with Crippen LogP contribution in [0.3, 0.4) is 0 Å². The van der Waals surface area contributed by atoms with Crippen molar-refractivity contribution in [1.82, 2.24) is 9.88 Å². The summed E-state index contributed by atoms with van der Waals surface area (Å²) >= 11 is 0. The Morgan fingerprint density at radius 3 is 2.85 bits per heavy atom. The van der Waals surface area contributed by atoms with E-state index in [1.165, 1.54) is 6.07 Å². The molecule has 174 valence electrons. The normalized spacial score (nSPS) is 24.5. The highest BCUT2D eigenvalue weighted by atomic mass is 16.6. The number of aromatic nitrogens is 1. The van der Waals surface area contributed by atoms with Crippen molar-refractivity contribution in [2.45, 2.75) is 37.9 Å². The molecule has 2 bridgehead atoms. The Balaban J connectivity index is 1.39. The van der Waals surface area contributed by atoms with Crippen molar-refractivity contribution in [3.8, 4) is 0 Å². The van der Waals surface area contributed by atoms with Gasteiger partial charge < -0.3 is 19.2 Å². The van der Waals surface area contributed by atoms with E-state index in [9.17, 15) is 19.7 Å². The molecule has 3 aliphatic heterocycles. The van der Waals surface area contributed by atoms with Gasteiger partial charge in [0.15, 0.2) is 0 Å². The topological polar surface area (TPSA) is 111 Å². The van der Waals surface area contributed by atoms with Crippen molar-refractivity contribution in [2.24, 2.45) is 11.8 Å². The zero-order chi connectivity index (χ0) is 23.4. The molecule has 0 radical (unpaired) electrons. The van der Waals surface area contributed by atoms with Crippen molar-refractivity contribution in [2.75, 3.05) is 11.4 Å². The van der Waals surface area contributed by atoms with Crippen LogP contribution in [0.1, 0.15) is 29.4 Å². The number of benzene rings is 1. The van der Waals surface area contributed by atoms with Crippen molar-refractivity contribution >= 4 is 17.3 Å². The van der Waals surface area contributed by atoms with Gasteiger partial charge in [-0.3, -0.25) is 19.7 Å². The Bertz CT molecular complexity index is 1330. The van der Waals surface area contributed by atoms with E-state index in [-0.39, 0.29) is 41.6 Å². The van der Waals surface area contributed by atoms with Crippen molar-refractivity contribution in [3.63, 3.8) is 0 Å². The molecule has 5 heterocycles. The Hall–Kier alpha value is -3.88. The lowest BCUT2D eigenvalue weighted by Crippen LogP contribution is -2.61. The van der Waals surface area contributed by atoms with E-state index in [1.54, 1.807) is 30.5 Å². The highest BCUT2D eigenvalue weighted by Gasteiger charge is 2.49. The minimum atomic E-state index is -0.397. The van der Waals surface area contributed by atoms with Gasteiger partial charge >= 0.3 is 0 Å². The maximum absolute atomic E-state index is 13.5. The van der Waals surface area contributed by atoms with Crippen LogP contribution in [0.4, 0.5) is 11.4 Å². The van der Waals surface area contributed by atoms with Gasteiger partial charge in [-0.1, -0.05) is 6.07 Å². The minimum absolute atomic E-state index is 0.00805. The monoisotopic (exact) mass is 460 g/mol. The molecule has 0 saturated carbocycles. The summed E-state index contributed by atoms with van der Waals surface area (Å²) in [5, 5.41) is 14.4. The number of anilines is 1. The van der Waals surface area contributed by atoms with Gasteiger partial charge in [0.2, 0.25) is 5.91 Å². The molecule has 3 aromatic rings. The van der Waals surface area contributed by atoms with E-state index < -0.39 is 10.8 Å². The Morgan fingerprint density at radius 1 is 1.18 bits per heavy atom. The molecule has 2 aromatic heterocycles. The first kappa shape index (κ1) is 20.7. The molecule has 9 heteroatoms. The van der Waals surface area contributed by atoms with Gasteiger partial charge in [-0.25, -0.2) is 0 Å². The summed E-state index contributed by atoms with van der Waals surface area (Å²) < 4.78 is 7.22. The average molecular weight is 460 g/mol. The summed E-state index contributed by atoms with van der Waals surface area (Å²) in [5.41, 5.74) is 2.81. The molecule has 1 N–H and O–H groups in total. The molecule has 1 aromatic carbocycles. The van der Waals surface area contributed by atoms with Crippen molar-refractivity contribution in [3.05, 3.63) is 92.3 Å². The van der Waals surface area contributed by atoms with E-state index in [0.717, 1.165) is 23.4 Å². The van der Waals surface area contributed by atoms with Crippen LogP contribution >= 0.6 is 0 Å². The number of piperidine rings is 1. The number of non-ortho nitro benzene ring substituents is 1. The third-order valence-corrected chi connectivity index (χ3v) is 7.56. The van der Waals surface area contributed by atoms with Crippen molar-refractivity contribution < 1.29 is 14.1 Å². The molecule has 9 nitrogen and oxygen atoms in total. The summed E-state index contributed by atoms with van der Waals surface area (Å²) in [5.74, 6) is 0.453. The van der Waals surface area contributed by atoms with Gasteiger partial charge in [0.25, 0.3) is 11.2 Å². The van der Waals surface area contributed by atoms with Crippen LogP contribution in [0.15, 0.2) is 64.0 Å². The number of rotatable bonds is 4. The Morgan fingerprint density at radius 2 is 2.06 bits per heavy atom. The van der Waals surface area contributed by atoms with E-state index in [4.69, 9.17) is 4.42 Å². The van der Waals surface area contributed by atoms with E-state index in [0.29, 0.717) is 25.3 Å². The fourth-order valence-corrected chi connectivity index (χ4v) is 6.17. The van der Waals surface area contributed by atoms with Crippen LogP contribution in [0, 0.1) is 22.0 Å². The number of pyridine rings is 1. The molecule has 0 aliphatic carbocycles. The molecule has 0 spiro atoms.